The molecule has 1 aromatic heterocycles. The lowest BCUT2D eigenvalue weighted by molar-refractivity contribution is -0.140. The minimum absolute atomic E-state index is 0.238. The summed E-state index contributed by atoms with van der Waals surface area (Å²) in [6.45, 7) is 4.19. The van der Waals surface area contributed by atoms with Crippen LogP contribution < -0.4 is 0 Å². The van der Waals surface area contributed by atoms with Crippen molar-refractivity contribution in [2.24, 2.45) is 11.8 Å². The van der Waals surface area contributed by atoms with E-state index in [-0.39, 0.29) is 5.78 Å². The molecule has 0 saturated carbocycles. The van der Waals surface area contributed by atoms with E-state index in [0.717, 1.165) is 25.7 Å². The molecule has 106 valence electrons. The van der Waals surface area contributed by atoms with E-state index in [1.807, 2.05) is 0 Å². The van der Waals surface area contributed by atoms with Gasteiger partial charge in [0.05, 0.1) is 4.88 Å². The number of carboxylic acids is 1. The third kappa shape index (κ3) is 4.78. The molecule has 1 heterocycles. The van der Waals surface area contributed by atoms with Crippen molar-refractivity contribution in [1.29, 1.82) is 0 Å². The smallest absolute Gasteiger partial charge is 0.314 e. The van der Waals surface area contributed by atoms with E-state index < -0.39 is 11.9 Å². The number of Topliss-reactive ketones (excluding diaryl/α,β-unsaturated/α-hetero) is 1. The Kier molecular flexibility index (Phi) is 6.78. The lowest BCUT2D eigenvalue weighted by atomic mass is 9.86. The van der Waals surface area contributed by atoms with Crippen molar-refractivity contribution in [2.45, 2.75) is 46.0 Å². The van der Waals surface area contributed by atoms with Gasteiger partial charge in [0, 0.05) is 0 Å². The van der Waals surface area contributed by atoms with Crippen LogP contribution in [0.3, 0.4) is 0 Å². The van der Waals surface area contributed by atoms with Gasteiger partial charge in [-0.2, -0.15) is 0 Å². The van der Waals surface area contributed by atoms with Crippen LogP contribution in [0.15, 0.2) is 17.5 Å². The van der Waals surface area contributed by atoms with E-state index in [9.17, 15) is 14.7 Å². The molecule has 0 radical (unpaired) electrons. The predicted octanol–water partition coefficient (Wildman–Crippen LogP) is 4.24. The molecule has 1 rings (SSSR count). The average Bonchev–Trinajstić information content (AvgIpc) is 2.92. The zero-order chi connectivity index (χ0) is 14.3. The fourth-order valence-corrected chi connectivity index (χ4v) is 2.94. The molecule has 19 heavy (non-hydrogen) atoms. The second-order valence-corrected chi connectivity index (χ2v) is 5.83. The molecule has 0 amide bonds. The molecule has 0 aromatic carbocycles. The monoisotopic (exact) mass is 282 g/mol. The molecule has 3 nitrogen and oxygen atoms in total. The Morgan fingerprint density at radius 1 is 1.37 bits per heavy atom. The van der Waals surface area contributed by atoms with Crippen molar-refractivity contribution in [3.05, 3.63) is 22.4 Å². The summed E-state index contributed by atoms with van der Waals surface area (Å²) in [4.78, 5) is 24.1. The number of carbonyl (C=O) groups excluding carboxylic acids is 1. The number of ketones is 1. The lowest BCUT2D eigenvalue weighted by Gasteiger charge is -2.18. The van der Waals surface area contributed by atoms with Crippen molar-refractivity contribution < 1.29 is 14.7 Å². The van der Waals surface area contributed by atoms with Crippen LogP contribution in [0.25, 0.3) is 0 Å². The fraction of sp³-hybridized carbons (Fsp3) is 0.600. The van der Waals surface area contributed by atoms with Crippen molar-refractivity contribution in [3.8, 4) is 0 Å². The topological polar surface area (TPSA) is 54.4 Å². The number of hydrogen-bond donors (Lipinski definition) is 1. The van der Waals surface area contributed by atoms with Gasteiger partial charge in [0.2, 0.25) is 0 Å². The van der Waals surface area contributed by atoms with Gasteiger partial charge in [0.1, 0.15) is 5.92 Å². The summed E-state index contributed by atoms with van der Waals surface area (Å²) < 4.78 is 0. The summed E-state index contributed by atoms with van der Waals surface area (Å²) >= 11 is 1.32. The molecule has 1 N–H and O–H groups in total. The van der Waals surface area contributed by atoms with Crippen molar-refractivity contribution in [3.63, 3.8) is 0 Å². The predicted molar refractivity (Wildman–Crippen MR) is 77.7 cm³/mol. The molecule has 0 bridgehead atoms. The summed E-state index contributed by atoms with van der Waals surface area (Å²) in [6.07, 6.45) is 4.60. The lowest BCUT2D eigenvalue weighted by Crippen LogP contribution is -2.26. The molecule has 4 heteroatoms. The highest BCUT2D eigenvalue weighted by Crippen LogP contribution is 2.25. The maximum Gasteiger partial charge on any atom is 0.314 e. The van der Waals surface area contributed by atoms with Crippen LogP contribution in [0.5, 0.6) is 0 Å². The van der Waals surface area contributed by atoms with Crippen LogP contribution in [0.1, 0.15) is 55.6 Å². The van der Waals surface area contributed by atoms with Crippen LogP contribution in [0, 0.1) is 11.8 Å². The molecular weight excluding hydrogens is 260 g/mol. The molecule has 2 unspecified atom stereocenters. The molecule has 0 spiro atoms. The number of unbranched alkanes of at least 4 members (excludes halogenated alkanes) is 1. The Bertz CT molecular complexity index is 398. The van der Waals surface area contributed by atoms with Crippen LogP contribution in [0.2, 0.25) is 0 Å². The average molecular weight is 282 g/mol. The van der Waals surface area contributed by atoms with Gasteiger partial charge in [-0.15, -0.1) is 11.3 Å². The van der Waals surface area contributed by atoms with Crippen LogP contribution in [-0.4, -0.2) is 16.9 Å². The highest BCUT2D eigenvalue weighted by atomic mass is 32.1. The van der Waals surface area contributed by atoms with Crippen LogP contribution in [0.4, 0.5) is 0 Å². The first-order valence-electron chi connectivity index (χ1n) is 6.90. The molecule has 0 aliphatic carbocycles. The third-order valence-electron chi connectivity index (χ3n) is 3.49. The van der Waals surface area contributed by atoms with Gasteiger partial charge in [-0.3, -0.25) is 9.59 Å². The van der Waals surface area contributed by atoms with E-state index in [2.05, 4.69) is 13.8 Å². The van der Waals surface area contributed by atoms with E-state index in [4.69, 9.17) is 0 Å². The Morgan fingerprint density at radius 3 is 2.58 bits per heavy atom. The van der Waals surface area contributed by atoms with E-state index in [0.29, 0.717) is 17.2 Å². The van der Waals surface area contributed by atoms with E-state index in [1.165, 1.54) is 11.3 Å². The summed E-state index contributed by atoms with van der Waals surface area (Å²) in [7, 11) is 0. The summed E-state index contributed by atoms with van der Waals surface area (Å²) in [5, 5.41) is 11.1. The summed E-state index contributed by atoms with van der Waals surface area (Å²) in [5.41, 5.74) is 0. The van der Waals surface area contributed by atoms with Gasteiger partial charge in [-0.25, -0.2) is 0 Å². The van der Waals surface area contributed by atoms with Gasteiger partial charge < -0.3 is 5.11 Å². The number of hydrogen-bond acceptors (Lipinski definition) is 3. The Morgan fingerprint density at radius 2 is 2.11 bits per heavy atom. The molecular formula is C15H22O3S. The summed E-state index contributed by atoms with van der Waals surface area (Å²) in [5.74, 6) is -1.80. The van der Waals surface area contributed by atoms with Crippen molar-refractivity contribution >= 4 is 23.1 Å². The Labute approximate surface area is 118 Å². The zero-order valence-electron chi connectivity index (χ0n) is 11.6. The molecule has 0 aliphatic rings. The number of carbonyl (C=O) groups is 2. The molecule has 1 aromatic rings. The zero-order valence-corrected chi connectivity index (χ0v) is 12.4. The molecule has 0 fully saturated rings. The standard InChI is InChI=1S/C15H22O3S/c1-3-5-7-11(4-2)10-12(15(17)18)14(16)13-8-6-9-19-13/h6,8-9,11-12H,3-5,7,10H2,1-2H3,(H,17,18). The third-order valence-corrected chi connectivity index (χ3v) is 4.38. The number of aliphatic carboxylic acids is 1. The minimum atomic E-state index is -0.992. The number of carboxylic acid groups (broad SMARTS) is 1. The second kappa shape index (κ2) is 8.10. The maximum atomic E-state index is 12.2. The van der Waals surface area contributed by atoms with Gasteiger partial charge in [-0.1, -0.05) is 45.6 Å². The van der Waals surface area contributed by atoms with E-state index >= 15 is 0 Å². The van der Waals surface area contributed by atoms with Gasteiger partial charge in [0.15, 0.2) is 5.78 Å². The first-order chi connectivity index (χ1) is 9.10. The minimum Gasteiger partial charge on any atom is -0.481 e. The Balaban J connectivity index is 2.72. The van der Waals surface area contributed by atoms with Crippen LogP contribution >= 0.6 is 11.3 Å². The van der Waals surface area contributed by atoms with Gasteiger partial charge in [0.25, 0.3) is 0 Å². The maximum absolute atomic E-state index is 12.2. The molecule has 0 aliphatic heterocycles. The van der Waals surface area contributed by atoms with E-state index in [1.54, 1.807) is 17.5 Å². The van der Waals surface area contributed by atoms with Crippen LogP contribution in [-0.2, 0) is 4.79 Å². The number of rotatable bonds is 9. The second-order valence-electron chi connectivity index (χ2n) is 4.88. The first kappa shape index (κ1) is 15.9. The SMILES string of the molecule is CCCCC(CC)CC(C(=O)O)C(=O)c1cccs1. The van der Waals surface area contributed by atoms with Crippen molar-refractivity contribution in [1.82, 2.24) is 0 Å². The van der Waals surface area contributed by atoms with Gasteiger partial charge in [-0.05, 0) is 23.8 Å². The highest BCUT2D eigenvalue weighted by molar-refractivity contribution is 7.12. The fourth-order valence-electron chi connectivity index (χ4n) is 2.23. The normalized spacial score (nSPS) is 14.0. The largest absolute Gasteiger partial charge is 0.481 e. The molecule has 0 saturated heterocycles. The number of thiophene rings is 1. The van der Waals surface area contributed by atoms with Crippen molar-refractivity contribution in [2.75, 3.05) is 0 Å². The first-order valence-corrected chi connectivity index (χ1v) is 7.78. The molecule has 2 atom stereocenters. The Hall–Kier alpha value is -1.16. The van der Waals surface area contributed by atoms with Gasteiger partial charge >= 0.3 is 5.97 Å². The highest BCUT2D eigenvalue weighted by Gasteiger charge is 2.30. The quantitative estimate of drug-likeness (QED) is 0.544. The summed E-state index contributed by atoms with van der Waals surface area (Å²) in [6, 6.07) is 3.49.